The van der Waals surface area contributed by atoms with Gasteiger partial charge in [-0.2, -0.15) is 0 Å². The highest BCUT2D eigenvalue weighted by atomic mass is 32.2. The molecule has 0 radical (unpaired) electrons. The van der Waals surface area contributed by atoms with Crippen LogP contribution in [0.4, 0.5) is 4.79 Å². The van der Waals surface area contributed by atoms with Crippen LogP contribution in [-0.4, -0.2) is 83.2 Å². The van der Waals surface area contributed by atoms with Crippen molar-refractivity contribution in [2.75, 3.05) is 6.54 Å². The highest BCUT2D eigenvalue weighted by Crippen LogP contribution is 2.46. The smallest absolute Gasteiger partial charge is 0.408 e. The van der Waals surface area contributed by atoms with Gasteiger partial charge < -0.3 is 25.0 Å². The number of allylic oxidation sites excluding steroid dienone is 1. The normalized spacial score (nSPS) is 27.2. The number of alkyl carbamates (subject to hydrolysis) is 1. The highest BCUT2D eigenvalue weighted by molar-refractivity contribution is 7.90. The van der Waals surface area contributed by atoms with Gasteiger partial charge in [-0.15, -0.1) is 0 Å². The molecule has 1 saturated heterocycles. The second kappa shape index (κ2) is 14.3. The van der Waals surface area contributed by atoms with E-state index in [1.807, 2.05) is 42.5 Å². The van der Waals surface area contributed by atoms with Gasteiger partial charge in [0.25, 0.3) is 5.91 Å². The van der Waals surface area contributed by atoms with Gasteiger partial charge in [0, 0.05) is 23.9 Å². The number of carbonyl (C=O) groups excluding carboxylic acids is 4. The van der Waals surface area contributed by atoms with Crippen LogP contribution in [0.15, 0.2) is 48.7 Å². The summed E-state index contributed by atoms with van der Waals surface area (Å²) in [5, 5.41) is 6.39. The molecule has 3 aliphatic rings. The van der Waals surface area contributed by atoms with Crippen molar-refractivity contribution in [1.82, 2.24) is 25.2 Å². The molecule has 0 bridgehead atoms. The number of hydrogen-bond donors (Lipinski definition) is 3. The Morgan fingerprint density at radius 3 is 2.59 bits per heavy atom. The van der Waals surface area contributed by atoms with Crippen LogP contribution in [0.3, 0.4) is 0 Å². The molecule has 5 rings (SSSR count). The predicted octanol–water partition coefficient (Wildman–Crippen LogP) is 3.73. The van der Waals surface area contributed by atoms with Gasteiger partial charge in [-0.05, 0) is 77.8 Å². The van der Waals surface area contributed by atoms with Crippen LogP contribution in [0.1, 0.15) is 79.6 Å². The second-order valence-electron chi connectivity index (χ2n) is 14.4. The Bertz CT molecular complexity index is 1720. The number of amides is 4. The van der Waals surface area contributed by atoms with E-state index < -0.39 is 74.3 Å². The molecule has 2 fully saturated rings. The van der Waals surface area contributed by atoms with Crippen molar-refractivity contribution >= 4 is 44.6 Å². The van der Waals surface area contributed by atoms with Crippen molar-refractivity contribution in [3.8, 4) is 5.88 Å². The summed E-state index contributed by atoms with van der Waals surface area (Å²) in [6.45, 7) is 8.12. The summed E-state index contributed by atoms with van der Waals surface area (Å²) in [6.07, 6.45) is 7.51. The van der Waals surface area contributed by atoms with Gasteiger partial charge in [0.2, 0.25) is 27.7 Å². The maximum Gasteiger partial charge on any atom is 0.408 e. The number of hydrogen-bond acceptors (Lipinski definition) is 9. The van der Waals surface area contributed by atoms with Crippen molar-refractivity contribution in [2.24, 2.45) is 5.92 Å². The summed E-state index contributed by atoms with van der Waals surface area (Å²) in [4.78, 5) is 60.8. The van der Waals surface area contributed by atoms with Gasteiger partial charge in [-0.3, -0.25) is 19.1 Å². The lowest BCUT2D eigenvalue weighted by Gasteiger charge is -2.30. The number of nitrogens with one attached hydrogen (secondary N) is 3. The summed E-state index contributed by atoms with van der Waals surface area (Å²) in [5.41, 5.74) is -2.30. The Morgan fingerprint density at radius 1 is 1.10 bits per heavy atom. The SMILES string of the molecule is CC(C)S(=O)(=O)NC(=O)[C@@]12C[C@@H]1/C=C\CCCCC[C@H](NC(=O)OC(C)(C)C)C(=O)N1C[C@H](Oc3nccc4ccccc34)C[C@H]1C(=O)N2. The van der Waals surface area contributed by atoms with E-state index in [0.717, 1.165) is 23.6 Å². The minimum absolute atomic E-state index is 0.0125. The average molecular weight is 698 g/mol. The molecule has 13 nitrogen and oxygen atoms in total. The van der Waals surface area contributed by atoms with Crippen LogP contribution in [0.25, 0.3) is 10.8 Å². The van der Waals surface area contributed by atoms with Gasteiger partial charge >= 0.3 is 6.09 Å². The zero-order chi connectivity index (χ0) is 35.6. The van der Waals surface area contributed by atoms with Crippen LogP contribution < -0.4 is 20.1 Å². The Labute approximate surface area is 287 Å². The van der Waals surface area contributed by atoms with Crippen LogP contribution in [0.5, 0.6) is 5.88 Å². The fraction of sp³-hybridized carbons (Fsp3) is 0.571. The molecule has 5 atom stereocenters. The Balaban J connectivity index is 1.47. The fourth-order valence-corrected chi connectivity index (χ4v) is 6.97. The molecule has 0 spiro atoms. The van der Waals surface area contributed by atoms with E-state index in [1.165, 1.54) is 18.7 Å². The maximum absolute atomic E-state index is 14.3. The third-order valence-electron chi connectivity index (χ3n) is 9.11. The molecule has 266 valence electrons. The van der Waals surface area contributed by atoms with E-state index in [9.17, 15) is 27.6 Å². The predicted molar refractivity (Wildman–Crippen MR) is 183 cm³/mol. The van der Waals surface area contributed by atoms with E-state index in [1.54, 1.807) is 27.0 Å². The molecular weight excluding hydrogens is 650 g/mol. The summed E-state index contributed by atoms with van der Waals surface area (Å²) < 4.78 is 39.3. The third kappa shape index (κ3) is 8.52. The lowest BCUT2D eigenvalue weighted by atomic mass is 10.0. The van der Waals surface area contributed by atoms with Gasteiger partial charge in [-0.25, -0.2) is 18.2 Å². The number of fused-ring (bicyclic) bond motifs is 3. The first-order valence-electron chi connectivity index (χ1n) is 16.9. The number of pyridine rings is 1. The van der Waals surface area contributed by atoms with Crippen LogP contribution in [0, 0.1) is 5.92 Å². The zero-order valence-electron chi connectivity index (χ0n) is 28.7. The second-order valence-corrected chi connectivity index (χ2v) is 16.6. The monoisotopic (exact) mass is 697 g/mol. The molecule has 1 aromatic heterocycles. The molecule has 1 aliphatic carbocycles. The fourth-order valence-electron chi connectivity index (χ4n) is 6.30. The lowest BCUT2D eigenvalue weighted by molar-refractivity contribution is -0.141. The number of carbonyl (C=O) groups is 4. The number of ether oxygens (including phenoxy) is 2. The summed E-state index contributed by atoms with van der Waals surface area (Å²) in [6, 6.07) is 7.35. The van der Waals surface area contributed by atoms with Crippen molar-refractivity contribution in [3.05, 3.63) is 48.7 Å². The number of sulfonamides is 1. The zero-order valence-corrected chi connectivity index (χ0v) is 29.5. The largest absolute Gasteiger partial charge is 0.472 e. The minimum atomic E-state index is -3.98. The number of nitrogens with zero attached hydrogens (tertiary/aromatic N) is 2. The van der Waals surface area contributed by atoms with E-state index in [2.05, 4.69) is 20.3 Å². The molecule has 3 N–H and O–H groups in total. The van der Waals surface area contributed by atoms with Crippen LogP contribution >= 0.6 is 0 Å². The Hall–Kier alpha value is -4.20. The Kier molecular flexibility index (Phi) is 10.6. The van der Waals surface area contributed by atoms with Gasteiger partial charge in [-0.1, -0.05) is 43.2 Å². The number of rotatable bonds is 6. The van der Waals surface area contributed by atoms with Crippen molar-refractivity contribution in [3.63, 3.8) is 0 Å². The van der Waals surface area contributed by atoms with Crippen molar-refractivity contribution in [1.29, 1.82) is 0 Å². The van der Waals surface area contributed by atoms with Gasteiger partial charge in [0.1, 0.15) is 29.3 Å². The molecule has 1 saturated carbocycles. The number of aromatic nitrogens is 1. The van der Waals surface area contributed by atoms with Crippen LogP contribution in [-0.2, 0) is 29.1 Å². The first-order valence-corrected chi connectivity index (χ1v) is 18.5. The topological polar surface area (TPSA) is 173 Å². The van der Waals surface area contributed by atoms with Crippen LogP contribution in [0.2, 0.25) is 0 Å². The molecular formula is C35H47N5O8S. The molecule has 14 heteroatoms. The van der Waals surface area contributed by atoms with Gasteiger partial charge in [0.15, 0.2) is 0 Å². The maximum atomic E-state index is 14.3. The highest BCUT2D eigenvalue weighted by Gasteiger charge is 2.61. The Morgan fingerprint density at radius 2 is 1.86 bits per heavy atom. The number of benzene rings is 1. The first kappa shape index (κ1) is 36.1. The summed E-state index contributed by atoms with van der Waals surface area (Å²) >= 11 is 0. The van der Waals surface area contributed by atoms with E-state index >= 15 is 0 Å². The first-order chi connectivity index (χ1) is 23.1. The molecule has 0 unspecified atom stereocenters. The van der Waals surface area contributed by atoms with Gasteiger partial charge in [0.05, 0.1) is 11.8 Å². The molecule has 1 aromatic carbocycles. The third-order valence-corrected chi connectivity index (χ3v) is 10.8. The quantitative estimate of drug-likeness (QED) is 0.380. The molecule has 2 aliphatic heterocycles. The summed E-state index contributed by atoms with van der Waals surface area (Å²) in [5.74, 6) is -2.00. The minimum Gasteiger partial charge on any atom is -0.472 e. The molecule has 3 heterocycles. The molecule has 4 amide bonds. The van der Waals surface area contributed by atoms with E-state index in [4.69, 9.17) is 9.47 Å². The summed E-state index contributed by atoms with van der Waals surface area (Å²) in [7, 11) is -3.98. The van der Waals surface area contributed by atoms with E-state index in [-0.39, 0.29) is 19.4 Å². The van der Waals surface area contributed by atoms with Crippen molar-refractivity contribution in [2.45, 2.75) is 114 Å². The average Bonchev–Trinajstić information content (AvgIpc) is 3.55. The van der Waals surface area contributed by atoms with E-state index in [0.29, 0.717) is 25.1 Å². The standard InChI is InChI=1S/C35H47N5O8S/c1-22(2)49(45,46)39-32(43)35-20-24(35)14-9-7-6-8-10-16-27(37-33(44)48-34(3,4)5)31(42)40-21-25(19-28(40)29(41)38-35)47-30-26-15-12-11-13-23(26)17-18-36-30/h9,11-15,17-18,22,24-25,27-28H,6-8,10,16,19-21H2,1-5H3,(H,37,44)(H,38,41)(H,39,43)/b14-9-/t24-,25+,27-,28-,35+/m0/s1. The van der Waals surface area contributed by atoms with Crippen molar-refractivity contribution < 1.29 is 37.1 Å². The molecule has 49 heavy (non-hydrogen) atoms. The lowest BCUT2D eigenvalue weighted by Crippen LogP contribution is -2.58. The molecule has 2 aromatic rings.